The van der Waals surface area contributed by atoms with Gasteiger partial charge in [-0.05, 0) is 47.6 Å². The van der Waals surface area contributed by atoms with E-state index in [1.165, 1.54) is 16.7 Å². The lowest BCUT2D eigenvalue weighted by atomic mass is 9.97. The highest BCUT2D eigenvalue weighted by Gasteiger charge is 2.26. The van der Waals surface area contributed by atoms with Crippen LogP contribution in [0.5, 0.6) is 0 Å². The molecular weight excluding hydrogens is 372 g/mol. The van der Waals surface area contributed by atoms with E-state index in [0.29, 0.717) is 18.9 Å². The average Bonchev–Trinajstić information content (AvgIpc) is 3.13. The topological polar surface area (TPSA) is 41.6 Å². The van der Waals surface area contributed by atoms with E-state index in [1.54, 1.807) is 0 Å². The summed E-state index contributed by atoms with van der Waals surface area (Å²) in [6, 6.07) is 16.6. The first-order valence-corrected chi connectivity index (χ1v) is 10.5. The molecule has 1 aliphatic carbocycles. The zero-order valence-electron chi connectivity index (χ0n) is 16.1. The molecule has 2 aromatic rings. The van der Waals surface area contributed by atoms with E-state index < -0.39 is 0 Å². The summed E-state index contributed by atoms with van der Waals surface area (Å²) in [6.45, 7) is 3.82. The van der Waals surface area contributed by atoms with Crippen molar-refractivity contribution in [2.24, 2.45) is 0 Å². The highest BCUT2D eigenvalue weighted by molar-refractivity contribution is 6.30. The Balaban J connectivity index is 1.39. The lowest BCUT2D eigenvalue weighted by Crippen LogP contribution is -2.43. The van der Waals surface area contributed by atoms with Gasteiger partial charge in [-0.1, -0.05) is 48.0 Å². The third kappa shape index (κ3) is 4.57. The molecule has 2 unspecified atom stereocenters. The number of carbonyl (C=O) groups is 1. The Morgan fingerprint density at radius 1 is 1.14 bits per heavy atom. The van der Waals surface area contributed by atoms with Crippen LogP contribution in [0.4, 0.5) is 0 Å². The molecule has 4 rings (SSSR count). The molecule has 1 aliphatic heterocycles. The van der Waals surface area contributed by atoms with E-state index in [2.05, 4.69) is 46.6 Å². The van der Waals surface area contributed by atoms with Crippen LogP contribution in [0.2, 0.25) is 5.02 Å². The largest absolute Gasteiger partial charge is 0.379 e. The van der Waals surface area contributed by atoms with Gasteiger partial charge >= 0.3 is 0 Å². The fourth-order valence-electron chi connectivity index (χ4n) is 4.40. The van der Waals surface area contributed by atoms with Crippen LogP contribution in [-0.2, 0) is 16.0 Å². The minimum atomic E-state index is 0.133. The van der Waals surface area contributed by atoms with Crippen LogP contribution >= 0.6 is 11.6 Å². The number of carbonyl (C=O) groups excluding carboxylic acids is 1. The smallest absolute Gasteiger partial charge is 0.220 e. The molecule has 4 nitrogen and oxygen atoms in total. The highest BCUT2D eigenvalue weighted by atomic mass is 35.5. The van der Waals surface area contributed by atoms with Crippen molar-refractivity contribution in [1.82, 2.24) is 10.2 Å². The summed E-state index contributed by atoms with van der Waals surface area (Å²) < 4.78 is 5.50. The van der Waals surface area contributed by atoms with Gasteiger partial charge in [0, 0.05) is 31.1 Å². The maximum Gasteiger partial charge on any atom is 0.220 e. The molecule has 0 aromatic heterocycles. The minimum Gasteiger partial charge on any atom is -0.379 e. The van der Waals surface area contributed by atoms with E-state index in [9.17, 15) is 4.79 Å². The van der Waals surface area contributed by atoms with E-state index in [0.717, 1.165) is 44.2 Å². The molecule has 2 aromatic carbocycles. The summed E-state index contributed by atoms with van der Waals surface area (Å²) >= 11 is 6.06. The van der Waals surface area contributed by atoms with Gasteiger partial charge < -0.3 is 10.1 Å². The minimum absolute atomic E-state index is 0.133. The zero-order valence-corrected chi connectivity index (χ0v) is 16.8. The predicted molar refractivity (Wildman–Crippen MR) is 112 cm³/mol. The Morgan fingerprint density at radius 2 is 1.89 bits per heavy atom. The van der Waals surface area contributed by atoms with Gasteiger partial charge in [-0.15, -0.1) is 0 Å². The SMILES string of the molecule is O=C(CC1CCc2ccccc21)NCC(c1ccc(Cl)cc1)N1CCOCC1. The Bertz CT molecular complexity index is 803. The first kappa shape index (κ1) is 19.4. The number of amides is 1. The molecule has 1 heterocycles. The number of nitrogens with zero attached hydrogens (tertiary/aromatic N) is 1. The van der Waals surface area contributed by atoms with Crippen LogP contribution in [0, 0.1) is 0 Å². The van der Waals surface area contributed by atoms with Crippen molar-refractivity contribution in [3.8, 4) is 0 Å². The molecule has 28 heavy (non-hydrogen) atoms. The van der Waals surface area contributed by atoms with E-state index in [-0.39, 0.29) is 11.9 Å². The maximum atomic E-state index is 12.7. The van der Waals surface area contributed by atoms with Gasteiger partial charge in [0.15, 0.2) is 0 Å². The quantitative estimate of drug-likeness (QED) is 0.801. The van der Waals surface area contributed by atoms with Gasteiger partial charge in [0.05, 0.1) is 19.3 Å². The Morgan fingerprint density at radius 3 is 2.68 bits per heavy atom. The summed E-state index contributed by atoms with van der Waals surface area (Å²) in [7, 11) is 0. The van der Waals surface area contributed by atoms with Gasteiger partial charge in [-0.3, -0.25) is 9.69 Å². The van der Waals surface area contributed by atoms with Crippen molar-refractivity contribution in [2.75, 3.05) is 32.8 Å². The van der Waals surface area contributed by atoms with Gasteiger partial charge in [-0.2, -0.15) is 0 Å². The van der Waals surface area contributed by atoms with Crippen LogP contribution < -0.4 is 5.32 Å². The number of benzene rings is 2. The van der Waals surface area contributed by atoms with Gasteiger partial charge in [0.1, 0.15) is 0 Å². The molecule has 1 fully saturated rings. The fraction of sp³-hybridized carbons (Fsp3) is 0.435. The number of aryl methyl sites for hydroxylation is 1. The number of nitrogens with one attached hydrogen (secondary N) is 1. The van der Waals surface area contributed by atoms with Crippen molar-refractivity contribution in [1.29, 1.82) is 0 Å². The number of hydrogen-bond acceptors (Lipinski definition) is 3. The fourth-order valence-corrected chi connectivity index (χ4v) is 4.52. The normalized spacial score (nSPS) is 20.5. The summed E-state index contributed by atoms with van der Waals surface area (Å²) in [4.78, 5) is 15.1. The Kier molecular flexibility index (Phi) is 6.30. The lowest BCUT2D eigenvalue weighted by molar-refractivity contribution is -0.121. The van der Waals surface area contributed by atoms with E-state index in [1.807, 2.05) is 12.1 Å². The number of halogens is 1. The number of rotatable bonds is 6. The molecule has 1 N–H and O–H groups in total. The van der Waals surface area contributed by atoms with Gasteiger partial charge in [0.2, 0.25) is 5.91 Å². The highest BCUT2D eigenvalue weighted by Crippen LogP contribution is 2.35. The average molecular weight is 399 g/mol. The lowest BCUT2D eigenvalue weighted by Gasteiger charge is -2.35. The van der Waals surface area contributed by atoms with Crippen molar-refractivity contribution < 1.29 is 9.53 Å². The van der Waals surface area contributed by atoms with Crippen LogP contribution in [0.1, 0.15) is 41.5 Å². The molecule has 1 saturated heterocycles. The molecule has 5 heteroatoms. The standard InChI is InChI=1S/C23H27ClN2O2/c24-20-9-7-18(8-10-20)22(26-11-13-28-14-12-26)16-25-23(27)15-19-6-5-17-3-1-2-4-21(17)19/h1-4,7-10,19,22H,5-6,11-16H2,(H,25,27). The molecule has 0 spiro atoms. The molecular formula is C23H27ClN2O2. The molecule has 0 saturated carbocycles. The second-order valence-corrected chi connectivity index (χ2v) is 8.09. The van der Waals surface area contributed by atoms with Gasteiger partial charge in [0.25, 0.3) is 0 Å². The summed E-state index contributed by atoms with van der Waals surface area (Å²) in [5.41, 5.74) is 3.92. The van der Waals surface area contributed by atoms with Gasteiger partial charge in [-0.25, -0.2) is 0 Å². The molecule has 2 aliphatic rings. The number of morpholine rings is 1. The van der Waals surface area contributed by atoms with Crippen molar-refractivity contribution in [3.63, 3.8) is 0 Å². The molecule has 1 amide bonds. The van der Waals surface area contributed by atoms with Crippen LogP contribution in [-0.4, -0.2) is 43.7 Å². The summed E-state index contributed by atoms with van der Waals surface area (Å²) in [5.74, 6) is 0.475. The first-order chi connectivity index (χ1) is 13.7. The van der Waals surface area contributed by atoms with Crippen molar-refractivity contribution in [3.05, 3.63) is 70.2 Å². The summed E-state index contributed by atoms with van der Waals surface area (Å²) in [6.07, 6.45) is 2.71. The molecule has 2 atom stereocenters. The van der Waals surface area contributed by atoms with E-state index in [4.69, 9.17) is 16.3 Å². The van der Waals surface area contributed by atoms with E-state index >= 15 is 0 Å². The third-order valence-electron chi connectivity index (χ3n) is 5.92. The van der Waals surface area contributed by atoms with Crippen molar-refractivity contribution >= 4 is 17.5 Å². The molecule has 148 valence electrons. The van der Waals surface area contributed by atoms with Crippen LogP contribution in [0.15, 0.2) is 48.5 Å². The molecule has 0 bridgehead atoms. The predicted octanol–water partition coefficient (Wildman–Crippen LogP) is 3.95. The zero-order chi connectivity index (χ0) is 19.3. The van der Waals surface area contributed by atoms with Crippen LogP contribution in [0.25, 0.3) is 0 Å². The molecule has 0 radical (unpaired) electrons. The maximum absolute atomic E-state index is 12.7. The van der Waals surface area contributed by atoms with Crippen molar-refractivity contribution in [2.45, 2.75) is 31.2 Å². The Labute approximate surface area is 171 Å². The number of fused-ring (bicyclic) bond motifs is 1. The third-order valence-corrected chi connectivity index (χ3v) is 6.17. The Hall–Kier alpha value is -1.88. The number of ether oxygens (including phenoxy) is 1. The monoisotopic (exact) mass is 398 g/mol. The number of hydrogen-bond donors (Lipinski definition) is 1. The second-order valence-electron chi connectivity index (χ2n) is 7.66. The summed E-state index contributed by atoms with van der Waals surface area (Å²) in [5, 5.41) is 3.93. The second kappa shape index (κ2) is 9.08. The van der Waals surface area contributed by atoms with Crippen LogP contribution in [0.3, 0.4) is 0 Å². The first-order valence-electron chi connectivity index (χ1n) is 10.1.